The molecule has 1 rings (SSSR count). The van der Waals surface area contributed by atoms with Crippen LogP contribution < -0.4 is 5.73 Å². The third kappa shape index (κ3) is 2.50. The van der Waals surface area contributed by atoms with Crippen molar-refractivity contribution in [2.24, 2.45) is 5.73 Å². The molecule has 14 heavy (non-hydrogen) atoms. The van der Waals surface area contributed by atoms with Gasteiger partial charge in [0.2, 0.25) is 0 Å². The van der Waals surface area contributed by atoms with E-state index < -0.39 is 5.97 Å². The fourth-order valence-corrected chi connectivity index (χ4v) is 0.912. The van der Waals surface area contributed by atoms with E-state index in [1.165, 1.54) is 12.3 Å². The summed E-state index contributed by atoms with van der Waals surface area (Å²) in [6.45, 7) is 3.83. The Hall–Kier alpha value is -1.49. The van der Waals surface area contributed by atoms with Gasteiger partial charge in [0.15, 0.2) is 5.69 Å². The molecule has 0 fully saturated rings. The molecule has 0 saturated heterocycles. The van der Waals surface area contributed by atoms with Gasteiger partial charge in [-0.25, -0.2) is 14.8 Å². The zero-order valence-electron chi connectivity index (χ0n) is 8.23. The van der Waals surface area contributed by atoms with Crippen LogP contribution in [0.5, 0.6) is 0 Å². The molecule has 76 valence electrons. The minimum Gasteiger partial charge on any atom is -0.461 e. The third-order valence-electron chi connectivity index (χ3n) is 1.57. The van der Waals surface area contributed by atoms with Gasteiger partial charge < -0.3 is 10.5 Å². The molecule has 1 atom stereocenters. The normalized spacial score (nSPS) is 12.2. The second kappa shape index (κ2) is 4.66. The Morgan fingerprint density at radius 2 is 2.43 bits per heavy atom. The van der Waals surface area contributed by atoms with Crippen LogP contribution in [0, 0.1) is 0 Å². The molecule has 0 aliphatic heterocycles. The number of carbonyl (C=O) groups is 1. The van der Waals surface area contributed by atoms with E-state index in [-0.39, 0.29) is 11.7 Å². The molecule has 1 unspecified atom stereocenters. The molecule has 0 aromatic carbocycles. The summed E-state index contributed by atoms with van der Waals surface area (Å²) in [6, 6.07) is 1.22. The van der Waals surface area contributed by atoms with Crippen LogP contribution in [-0.2, 0) is 4.74 Å². The van der Waals surface area contributed by atoms with Gasteiger partial charge in [0.1, 0.15) is 5.82 Å². The highest BCUT2D eigenvalue weighted by atomic mass is 16.5. The molecule has 1 aromatic rings. The van der Waals surface area contributed by atoms with E-state index in [0.717, 1.165) is 0 Å². The van der Waals surface area contributed by atoms with E-state index in [9.17, 15) is 4.79 Å². The van der Waals surface area contributed by atoms with Crippen LogP contribution in [-0.4, -0.2) is 22.5 Å². The van der Waals surface area contributed by atoms with E-state index in [4.69, 9.17) is 10.5 Å². The lowest BCUT2D eigenvalue weighted by Crippen LogP contribution is -2.14. The van der Waals surface area contributed by atoms with Crippen LogP contribution in [0.3, 0.4) is 0 Å². The highest BCUT2D eigenvalue weighted by Crippen LogP contribution is 2.04. The Morgan fingerprint density at radius 3 is 3.00 bits per heavy atom. The maximum absolute atomic E-state index is 11.3. The monoisotopic (exact) mass is 195 g/mol. The molecule has 5 nitrogen and oxygen atoms in total. The zero-order valence-corrected chi connectivity index (χ0v) is 8.23. The van der Waals surface area contributed by atoms with Crippen molar-refractivity contribution in [2.45, 2.75) is 19.9 Å². The maximum Gasteiger partial charge on any atom is 0.357 e. The number of aromatic nitrogens is 2. The van der Waals surface area contributed by atoms with Crippen molar-refractivity contribution in [3.8, 4) is 0 Å². The van der Waals surface area contributed by atoms with Crippen LogP contribution in [0.1, 0.15) is 36.2 Å². The molecule has 0 bridgehead atoms. The first-order valence-electron chi connectivity index (χ1n) is 4.40. The third-order valence-corrected chi connectivity index (χ3v) is 1.57. The highest BCUT2D eigenvalue weighted by molar-refractivity contribution is 5.87. The van der Waals surface area contributed by atoms with Crippen molar-refractivity contribution in [2.75, 3.05) is 6.61 Å². The van der Waals surface area contributed by atoms with Crippen molar-refractivity contribution in [1.82, 2.24) is 9.97 Å². The van der Waals surface area contributed by atoms with Crippen LogP contribution in [0.4, 0.5) is 0 Å². The minimum absolute atomic E-state index is 0.245. The maximum atomic E-state index is 11.3. The first kappa shape index (κ1) is 10.6. The summed E-state index contributed by atoms with van der Waals surface area (Å²) >= 11 is 0. The van der Waals surface area contributed by atoms with Crippen molar-refractivity contribution >= 4 is 5.97 Å². The van der Waals surface area contributed by atoms with E-state index in [0.29, 0.717) is 12.4 Å². The van der Waals surface area contributed by atoms with Gasteiger partial charge in [-0.1, -0.05) is 0 Å². The summed E-state index contributed by atoms with van der Waals surface area (Å²) in [4.78, 5) is 19.2. The molecular weight excluding hydrogens is 182 g/mol. The van der Waals surface area contributed by atoms with Crippen molar-refractivity contribution in [3.05, 3.63) is 23.8 Å². The Balaban J connectivity index is 2.88. The Bertz CT molecular complexity index is 326. The topological polar surface area (TPSA) is 78.1 Å². The van der Waals surface area contributed by atoms with Crippen molar-refractivity contribution in [3.63, 3.8) is 0 Å². The van der Waals surface area contributed by atoms with E-state index in [1.807, 2.05) is 0 Å². The summed E-state index contributed by atoms with van der Waals surface area (Å²) in [6.07, 6.45) is 1.50. The first-order valence-corrected chi connectivity index (χ1v) is 4.40. The van der Waals surface area contributed by atoms with E-state index >= 15 is 0 Å². The van der Waals surface area contributed by atoms with E-state index in [1.54, 1.807) is 13.8 Å². The number of nitrogens with zero attached hydrogens (tertiary/aromatic N) is 2. The Kier molecular flexibility index (Phi) is 3.53. The van der Waals surface area contributed by atoms with Gasteiger partial charge in [-0.05, 0) is 19.9 Å². The summed E-state index contributed by atoms with van der Waals surface area (Å²) < 4.78 is 4.79. The second-order valence-corrected chi connectivity index (χ2v) is 2.81. The molecule has 0 aliphatic carbocycles. The van der Waals surface area contributed by atoms with Gasteiger partial charge in [-0.2, -0.15) is 0 Å². The summed E-state index contributed by atoms with van der Waals surface area (Å²) in [5.41, 5.74) is 5.82. The smallest absolute Gasteiger partial charge is 0.357 e. The van der Waals surface area contributed by atoms with Gasteiger partial charge in [0.05, 0.1) is 12.6 Å². The average Bonchev–Trinajstić information content (AvgIpc) is 2.18. The molecule has 0 spiro atoms. The molecule has 1 aromatic heterocycles. The fraction of sp³-hybridized carbons (Fsp3) is 0.444. The SMILES string of the molecule is CCOC(=O)c1ccnc(C(C)N)n1. The molecule has 5 heteroatoms. The van der Waals surface area contributed by atoms with Gasteiger partial charge in [0, 0.05) is 6.20 Å². The van der Waals surface area contributed by atoms with Gasteiger partial charge >= 0.3 is 5.97 Å². The molecule has 0 aliphatic rings. The molecule has 0 radical (unpaired) electrons. The van der Waals surface area contributed by atoms with E-state index in [2.05, 4.69) is 9.97 Å². The summed E-state index contributed by atoms with van der Waals surface area (Å²) in [5, 5.41) is 0. The number of hydrogen-bond donors (Lipinski definition) is 1. The molecule has 2 N–H and O–H groups in total. The zero-order chi connectivity index (χ0) is 10.6. The summed E-state index contributed by atoms with van der Waals surface area (Å²) in [5.74, 6) is -0.00708. The fourth-order valence-electron chi connectivity index (χ4n) is 0.912. The molecule has 1 heterocycles. The number of carbonyl (C=O) groups excluding carboxylic acids is 1. The number of rotatable bonds is 3. The standard InChI is InChI=1S/C9H13N3O2/c1-3-14-9(13)7-4-5-11-8(12-7)6(2)10/h4-6H,3,10H2,1-2H3. The van der Waals surface area contributed by atoms with Crippen LogP contribution in [0.2, 0.25) is 0 Å². The highest BCUT2D eigenvalue weighted by Gasteiger charge is 2.10. The predicted molar refractivity (Wildman–Crippen MR) is 50.6 cm³/mol. The molecular formula is C9H13N3O2. The lowest BCUT2D eigenvalue weighted by molar-refractivity contribution is 0.0519. The van der Waals surface area contributed by atoms with Crippen LogP contribution in [0.15, 0.2) is 12.3 Å². The van der Waals surface area contributed by atoms with Crippen molar-refractivity contribution in [1.29, 1.82) is 0 Å². The lowest BCUT2D eigenvalue weighted by atomic mass is 10.3. The number of hydrogen-bond acceptors (Lipinski definition) is 5. The van der Waals surface area contributed by atoms with Gasteiger partial charge in [-0.15, -0.1) is 0 Å². The average molecular weight is 195 g/mol. The summed E-state index contributed by atoms with van der Waals surface area (Å²) in [7, 11) is 0. The Labute approximate surface area is 82.3 Å². The second-order valence-electron chi connectivity index (χ2n) is 2.81. The van der Waals surface area contributed by atoms with Gasteiger partial charge in [-0.3, -0.25) is 0 Å². The van der Waals surface area contributed by atoms with Gasteiger partial charge in [0.25, 0.3) is 0 Å². The Morgan fingerprint density at radius 1 is 1.71 bits per heavy atom. The number of esters is 1. The largest absolute Gasteiger partial charge is 0.461 e. The van der Waals surface area contributed by atoms with Crippen LogP contribution >= 0.6 is 0 Å². The molecule has 0 amide bonds. The number of ether oxygens (including phenoxy) is 1. The molecule has 0 saturated carbocycles. The minimum atomic E-state index is -0.447. The lowest BCUT2D eigenvalue weighted by Gasteiger charge is -2.05. The first-order chi connectivity index (χ1) is 6.65. The van der Waals surface area contributed by atoms with Crippen molar-refractivity contribution < 1.29 is 9.53 Å². The van der Waals surface area contributed by atoms with Crippen LogP contribution in [0.25, 0.3) is 0 Å². The predicted octanol–water partition coefficient (Wildman–Crippen LogP) is 0.673. The number of nitrogens with two attached hydrogens (primary N) is 1. The quantitative estimate of drug-likeness (QED) is 0.717.